The number of rotatable bonds is 3. The Hall–Kier alpha value is -2.28. The predicted octanol–water partition coefficient (Wildman–Crippen LogP) is 5.97. The maximum atomic E-state index is 2.59. The van der Waals surface area contributed by atoms with E-state index < -0.39 is 0 Å². The topological polar surface area (TPSA) is 0 Å². The summed E-state index contributed by atoms with van der Waals surface area (Å²) >= 11 is 0. The lowest BCUT2D eigenvalue weighted by Gasteiger charge is -2.71. The molecule has 3 aromatic carbocycles. The van der Waals surface area contributed by atoms with E-state index in [1.165, 1.54) is 38.5 Å². The van der Waals surface area contributed by atoms with E-state index >= 15 is 0 Å². The lowest BCUT2D eigenvalue weighted by Crippen LogP contribution is -2.63. The van der Waals surface area contributed by atoms with E-state index in [-0.39, 0.29) is 16.2 Å². The molecule has 29 heavy (non-hydrogen) atoms. The first-order valence-electron chi connectivity index (χ1n) is 11.2. The van der Waals surface area contributed by atoms with Crippen LogP contribution in [-0.2, 0) is 16.2 Å². The van der Waals surface area contributed by atoms with Crippen molar-refractivity contribution in [3.8, 4) is 0 Å². The van der Waals surface area contributed by atoms with Gasteiger partial charge in [0, 0.05) is 0 Å². The van der Waals surface area contributed by atoms with Crippen LogP contribution in [0.3, 0.4) is 0 Å². The van der Waals surface area contributed by atoms with E-state index in [2.05, 4.69) is 98.8 Å². The average molecular weight is 376 g/mol. The van der Waals surface area contributed by atoms with E-state index in [1.807, 2.05) is 0 Å². The molecule has 0 spiro atoms. The van der Waals surface area contributed by atoms with Crippen molar-refractivity contribution >= 4 is 7.85 Å². The summed E-state index contributed by atoms with van der Waals surface area (Å²) in [5.74, 6) is 0. The molecular formula is C28H29B. The Labute approximate surface area is 175 Å². The van der Waals surface area contributed by atoms with Crippen molar-refractivity contribution in [2.24, 2.45) is 0 Å². The van der Waals surface area contributed by atoms with Gasteiger partial charge in [-0.25, -0.2) is 0 Å². The van der Waals surface area contributed by atoms with E-state index in [9.17, 15) is 0 Å². The van der Waals surface area contributed by atoms with E-state index in [0.717, 1.165) is 0 Å². The van der Waals surface area contributed by atoms with Gasteiger partial charge in [0.15, 0.2) is 0 Å². The number of hydrogen-bond acceptors (Lipinski definition) is 0. The van der Waals surface area contributed by atoms with Crippen molar-refractivity contribution in [1.29, 1.82) is 0 Å². The Morgan fingerprint density at radius 3 is 0.966 bits per heavy atom. The van der Waals surface area contributed by atoms with Crippen molar-refractivity contribution in [2.75, 3.05) is 0 Å². The highest BCUT2D eigenvalue weighted by Crippen LogP contribution is 2.76. The van der Waals surface area contributed by atoms with Gasteiger partial charge in [-0.15, -0.1) is 0 Å². The van der Waals surface area contributed by atoms with Crippen molar-refractivity contribution in [3.05, 3.63) is 108 Å². The molecule has 0 atom stereocenters. The molecule has 144 valence electrons. The van der Waals surface area contributed by atoms with Gasteiger partial charge in [0.2, 0.25) is 0 Å². The van der Waals surface area contributed by atoms with Crippen LogP contribution >= 0.6 is 0 Å². The molecule has 7 rings (SSSR count). The van der Waals surface area contributed by atoms with Crippen LogP contribution in [0.2, 0.25) is 5.31 Å². The van der Waals surface area contributed by atoms with Gasteiger partial charge in [0.1, 0.15) is 7.85 Å². The molecule has 0 unspecified atom stereocenters. The van der Waals surface area contributed by atoms with Crippen molar-refractivity contribution in [2.45, 2.75) is 60.1 Å². The summed E-state index contributed by atoms with van der Waals surface area (Å²) in [7, 11) is 2.59. The minimum atomic E-state index is 0.288. The lowest BCUT2D eigenvalue weighted by atomic mass is 9.29. The SMILES string of the molecule is BC12CC3(c4ccccc4)CC(c4ccccc4)(C1)CC(c1ccccc1)(C2)C3. The zero-order valence-corrected chi connectivity index (χ0v) is 17.4. The Kier molecular flexibility index (Phi) is 3.56. The fourth-order valence-corrected chi connectivity index (χ4v) is 8.44. The minimum Gasteiger partial charge on any atom is -0.0622 e. The van der Waals surface area contributed by atoms with E-state index in [4.69, 9.17) is 0 Å². The summed E-state index contributed by atoms with van der Waals surface area (Å²) < 4.78 is 0. The fourth-order valence-electron chi connectivity index (χ4n) is 8.44. The molecule has 0 saturated heterocycles. The zero-order chi connectivity index (χ0) is 19.6. The quantitative estimate of drug-likeness (QED) is 0.494. The lowest BCUT2D eigenvalue weighted by molar-refractivity contribution is -0.0404. The summed E-state index contributed by atoms with van der Waals surface area (Å²) in [5, 5.41) is 0.399. The molecule has 0 amide bonds. The third kappa shape index (κ3) is 2.53. The van der Waals surface area contributed by atoms with Crippen molar-refractivity contribution < 1.29 is 0 Å². The summed E-state index contributed by atoms with van der Waals surface area (Å²) in [4.78, 5) is 0. The number of hydrogen-bond donors (Lipinski definition) is 0. The molecule has 4 aliphatic rings. The summed E-state index contributed by atoms with van der Waals surface area (Å²) in [6.45, 7) is 0. The maximum Gasteiger partial charge on any atom is 0.109 e. The molecule has 0 nitrogen and oxygen atoms in total. The highest BCUT2D eigenvalue weighted by molar-refractivity contribution is 6.15. The normalized spacial score (nSPS) is 37.5. The van der Waals surface area contributed by atoms with Crippen LogP contribution in [0.4, 0.5) is 0 Å². The molecule has 1 heteroatoms. The van der Waals surface area contributed by atoms with Crippen LogP contribution < -0.4 is 0 Å². The average Bonchev–Trinajstić information content (AvgIpc) is 2.74. The molecule has 0 aliphatic heterocycles. The van der Waals surface area contributed by atoms with Gasteiger partial charge < -0.3 is 0 Å². The smallest absolute Gasteiger partial charge is 0.0622 e. The van der Waals surface area contributed by atoms with Gasteiger partial charge in [-0.3, -0.25) is 0 Å². The first-order chi connectivity index (χ1) is 14.1. The van der Waals surface area contributed by atoms with Crippen molar-refractivity contribution in [1.82, 2.24) is 0 Å². The zero-order valence-electron chi connectivity index (χ0n) is 17.4. The largest absolute Gasteiger partial charge is 0.109 e. The van der Waals surface area contributed by atoms with Crippen LogP contribution in [0.25, 0.3) is 0 Å². The molecule has 0 radical (unpaired) electrons. The first-order valence-corrected chi connectivity index (χ1v) is 11.2. The minimum absolute atomic E-state index is 0.288. The molecule has 4 saturated carbocycles. The van der Waals surface area contributed by atoms with Crippen LogP contribution in [0.15, 0.2) is 91.0 Å². The monoisotopic (exact) mass is 376 g/mol. The van der Waals surface area contributed by atoms with Gasteiger partial charge >= 0.3 is 0 Å². The molecule has 0 heterocycles. The highest BCUT2D eigenvalue weighted by atomic mass is 14.7. The third-order valence-electron chi connectivity index (χ3n) is 8.48. The van der Waals surface area contributed by atoms with Crippen molar-refractivity contribution in [3.63, 3.8) is 0 Å². The second kappa shape index (κ2) is 5.88. The second-order valence-corrected chi connectivity index (χ2v) is 10.8. The standard InChI is InChI=1S/C28H29B/c29-28-19-25(22-10-4-1-5-11-22)16-26(20-28,23-12-6-2-7-13-23)18-27(17-25,21-28)24-14-8-3-9-15-24/h1-15H,16-21,29H2. The third-order valence-corrected chi connectivity index (χ3v) is 8.48. The molecule has 0 N–H and O–H groups in total. The van der Waals surface area contributed by atoms with Gasteiger partial charge in [0.25, 0.3) is 0 Å². The van der Waals surface area contributed by atoms with Gasteiger partial charge in [0.05, 0.1) is 0 Å². The predicted molar refractivity (Wildman–Crippen MR) is 123 cm³/mol. The molecule has 4 fully saturated rings. The Morgan fingerprint density at radius 1 is 0.414 bits per heavy atom. The molecule has 3 aromatic rings. The Bertz CT molecular complexity index is 881. The van der Waals surface area contributed by atoms with Crippen LogP contribution in [0.1, 0.15) is 55.2 Å². The molecule has 4 bridgehead atoms. The van der Waals surface area contributed by atoms with Crippen LogP contribution in [0, 0.1) is 0 Å². The van der Waals surface area contributed by atoms with Crippen LogP contribution in [-0.4, -0.2) is 7.85 Å². The van der Waals surface area contributed by atoms with Gasteiger partial charge in [-0.05, 0) is 71.5 Å². The highest BCUT2D eigenvalue weighted by Gasteiger charge is 2.67. The molecule has 4 aliphatic carbocycles. The Morgan fingerprint density at radius 2 is 0.690 bits per heavy atom. The molecule has 0 aromatic heterocycles. The first kappa shape index (κ1) is 17.6. The number of benzene rings is 3. The second-order valence-electron chi connectivity index (χ2n) is 10.8. The van der Waals surface area contributed by atoms with E-state index in [0.29, 0.717) is 5.31 Å². The van der Waals surface area contributed by atoms with Gasteiger partial charge in [-0.2, -0.15) is 0 Å². The summed E-state index contributed by atoms with van der Waals surface area (Å²) in [5.41, 5.74) is 5.59. The van der Waals surface area contributed by atoms with Crippen LogP contribution in [0.5, 0.6) is 0 Å². The van der Waals surface area contributed by atoms with E-state index in [1.54, 1.807) is 16.7 Å². The fraction of sp³-hybridized carbons (Fsp3) is 0.357. The molecular weight excluding hydrogens is 347 g/mol. The summed E-state index contributed by atoms with van der Waals surface area (Å²) in [6.07, 6.45) is 7.93. The maximum absolute atomic E-state index is 2.59. The van der Waals surface area contributed by atoms with Gasteiger partial charge in [-0.1, -0.05) is 96.3 Å². The Balaban J connectivity index is 1.60. The summed E-state index contributed by atoms with van der Waals surface area (Å²) in [6, 6.07) is 34.5.